The third kappa shape index (κ3) is 3.34. The second-order valence-electron chi connectivity index (χ2n) is 4.71. The Balaban J connectivity index is 2.47. The van der Waals surface area contributed by atoms with Gasteiger partial charge in [0.2, 0.25) is 5.91 Å². The number of piperidine rings is 1. The lowest BCUT2D eigenvalue weighted by atomic mass is 9.80. The highest BCUT2D eigenvalue weighted by Crippen LogP contribution is 2.28. The topological polar surface area (TPSA) is 41.1 Å². The van der Waals surface area contributed by atoms with Gasteiger partial charge in [-0.05, 0) is 39.3 Å². The van der Waals surface area contributed by atoms with Crippen molar-refractivity contribution in [1.82, 2.24) is 10.6 Å². The lowest BCUT2D eigenvalue weighted by molar-refractivity contribution is -0.132. The molecule has 1 rings (SSSR count). The number of nitrogens with one attached hydrogen (secondary N) is 2. The molecule has 1 aliphatic heterocycles. The minimum atomic E-state index is -0.180. The average Bonchev–Trinajstić information content (AvgIpc) is 2.19. The summed E-state index contributed by atoms with van der Waals surface area (Å²) >= 11 is 0. The van der Waals surface area contributed by atoms with Crippen LogP contribution in [0, 0.1) is 5.41 Å². The van der Waals surface area contributed by atoms with Gasteiger partial charge in [-0.2, -0.15) is 0 Å². The molecule has 0 saturated carbocycles. The number of rotatable bonds is 4. The van der Waals surface area contributed by atoms with E-state index in [0.29, 0.717) is 0 Å². The molecule has 1 atom stereocenters. The van der Waals surface area contributed by atoms with Crippen LogP contribution in [0.25, 0.3) is 0 Å². The molecule has 1 aliphatic rings. The molecule has 3 heteroatoms. The van der Waals surface area contributed by atoms with Crippen LogP contribution in [0.3, 0.4) is 0 Å². The van der Waals surface area contributed by atoms with Crippen molar-refractivity contribution < 1.29 is 4.79 Å². The molecule has 1 saturated heterocycles. The maximum atomic E-state index is 12.0. The second kappa shape index (κ2) is 5.31. The first-order chi connectivity index (χ1) is 7.08. The molecule has 15 heavy (non-hydrogen) atoms. The Bertz CT molecular complexity index is 232. The number of carbonyl (C=O) groups excluding carboxylic acids is 1. The zero-order chi connectivity index (χ0) is 11.3. The first kappa shape index (κ1) is 12.2. The smallest absolute Gasteiger partial charge is 0.226 e. The molecule has 0 bridgehead atoms. The molecule has 0 aromatic heterocycles. The molecule has 0 spiro atoms. The molecule has 1 fully saturated rings. The van der Waals surface area contributed by atoms with E-state index in [1.807, 2.05) is 13.0 Å². The number of amides is 1. The predicted molar refractivity (Wildman–Crippen MR) is 62.6 cm³/mol. The van der Waals surface area contributed by atoms with Crippen molar-refractivity contribution in [2.75, 3.05) is 13.1 Å². The van der Waals surface area contributed by atoms with Crippen LogP contribution in [-0.2, 0) is 4.79 Å². The minimum absolute atomic E-state index is 0.180. The fourth-order valence-electron chi connectivity index (χ4n) is 1.91. The maximum absolute atomic E-state index is 12.0. The van der Waals surface area contributed by atoms with Gasteiger partial charge in [0.05, 0.1) is 0 Å². The van der Waals surface area contributed by atoms with Gasteiger partial charge < -0.3 is 10.6 Å². The number of carbonyl (C=O) groups is 1. The second-order valence-corrected chi connectivity index (χ2v) is 4.71. The molecule has 86 valence electrons. The van der Waals surface area contributed by atoms with Gasteiger partial charge in [0, 0.05) is 11.5 Å². The van der Waals surface area contributed by atoms with Gasteiger partial charge in [-0.3, -0.25) is 4.79 Å². The molecule has 0 aromatic rings. The van der Waals surface area contributed by atoms with Crippen LogP contribution in [0.2, 0.25) is 0 Å². The Labute approximate surface area is 92.3 Å². The zero-order valence-electron chi connectivity index (χ0n) is 9.81. The van der Waals surface area contributed by atoms with E-state index in [9.17, 15) is 4.79 Å². The average molecular weight is 210 g/mol. The number of hydrogen-bond acceptors (Lipinski definition) is 2. The Hall–Kier alpha value is -0.830. The number of hydrogen-bond donors (Lipinski definition) is 2. The lowest BCUT2D eigenvalue weighted by Crippen LogP contribution is -2.48. The fraction of sp³-hybridized carbons (Fsp3) is 0.750. The van der Waals surface area contributed by atoms with E-state index in [1.54, 1.807) is 0 Å². The van der Waals surface area contributed by atoms with Crippen LogP contribution in [0.4, 0.5) is 0 Å². The van der Waals surface area contributed by atoms with E-state index in [1.165, 1.54) is 0 Å². The monoisotopic (exact) mass is 210 g/mol. The molecule has 0 aliphatic carbocycles. The maximum Gasteiger partial charge on any atom is 0.226 e. The zero-order valence-corrected chi connectivity index (χ0v) is 9.81. The van der Waals surface area contributed by atoms with Crippen molar-refractivity contribution in [1.29, 1.82) is 0 Å². The largest absolute Gasteiger partial charge is 0.353 e. The van der Waals surface area contributed by atoms with Crippen molar-refractivity contribution >= 4 is 5.91 Å². The van der Waals surface area contributed by atoms with E-state index in [-0.39, 0.29) is 17.4 Å². The van der Waals surface area contributed by atoms with Crippen LogP contribution >= 0.6 is 0 Å². The Morgan fingerprint density at radius 3 is 2.73 bits per heavy atom. The Kier molecular flexibility index (Phi) is 4.33. The third-order valence-electron chi connectivity index (χ3n) is 3.15. The van der Waals surface area contributed by atoms with Gasteiger partial charge in [-0.15, -0.1) is 6.58 Å². The van der Waals surface area contributed by atoms with E-state index in [2.05, 4.69) is 24.1 Å². The Morgan fingerprint density at radius 2 is 2.20 bits per heavy atom. The lowest BCUT2D eigenvalue weighted by Gasteiger charge is -2.33. The van der Waals surface area contributed by atoms with Crippen LogP contribution in [-0.4, -0.2) is 25.0 Å². The summed E-state index contributed by atoms with van der Waals surface area (Å²) in [6, 6.07) is 0.196. The first-order valence-corrected chi connectivity index (χ1v) is 5.71. The summed E-state index contributed by atoms with van der Waals surface area (Å²) in [6.45, 7) is 9.64. The van der Waals surface area contributed by atoms with E-state index < -0.39 is 0 Å². The van der Waals surface area contributed by atoms with Gasteiger partial charge >= 0.3 is 0 Å². The van der Waals surface area contributed by atoms with Crippen molar-refractivity contribution in [2.45, 2.75) is 39.2 Å². The third-order valence-corrected chi connectivity index (χ3v) is 3.15. The first-order valence-electron chi connectivity index (χ1n) is 5.71. The quantitative estimate of drug-likeness (QED) is 0.690. The molecule has 3 nitrogen and oxygen atoms in total. The highest BCUT2D eigenvalue weighted by Gasteiger charge is 2.34. The molecule has 1 amide bonds. The summed E-state index contributed by atoms with van der Waals surface area (Å²) in [5.41, 5.74) is -0.180. The highest BCUT2D eigenvalue weighted by atomic mass is 16.2. The standard InChI is InChI=1S/C12H22N2O/c1-4-5-10(2)14-11(15)12(3)6-8-13-9-7-12/h4,10,13H,1,5-9H2,2-3H3,(H,14,15). The molecular formula is C12H22N2O. The van der Waals surface area contributed by atoms with Crippen LogP contribution in [0.1, 0.15) is 33.1 Å². The van der Waals surface area contributed by atoms with Crippen LogP contribution in [0.5, 0.6) is 0 Å². The van der Waals surface area contributed by atoms with Crippen LogP contribution < -0.4 is 10.6 Å². The fourth-order valence-corrected chi connectivity index (χ4v) is 1.91. The predicted octanol–water partition coefficient (Wildman–Crippen LogP) is 1.46. The minimum Gasteiger partial charge on any atom is -0.353 e. The summed E-state index contributed by atoms with van der Waals surface area (Å²) in [7, 11) is 0. The Morgan fingerprint density at radius 1 is 1.60 bits per heavy atom. The van der Waals surface area contributed by atoms with Gasteiger partial charge in [-0.25, -0.2) is 0 Å². The molecular weight excluding hydrogens is 188 g/mol. The summed E-state index contributed by atoms with van der Waals surface area (Å²) < 4.78 is 0. The SMILES string of the molecule is C=CCC(C)NC(=O)C1(C)CCNCC1. The van der Waals surface area contributed by atoms with E-state index >= 15 is 0 Å². The van der Waals surface area contributed by atoms with Gasteiger partial charge in [0.15, 0.2) is 0 Å². The summed E-state index contributed by atoms with van der Waals surface area (Å²) in [5, 5.41) is 6.33. The van der Waals surface area contributed by atoms with Crippen molar-refractivity contribution in [3.05, 3.63) is 12.7 Å². The molecule has 0 aromatic carbocycles. The van der Waals surface area contributed by atoms with Gasteiger partial charge in [-0.1, -0.05) is 13.0 Å². The normalized spacial score (nSPS) is 21.7. The van der Waals surface area contributed by atoms with Crippen molar-refractivity contribution in [2.24, 2.45) is 5.41 Å². The molecule has 1 unspecified atom stereocenters. The molecule has 1 heterocycles. The van der Waals surface area contributed by atoms with Crippen LogP contribution in [0.15, 0.2) is 12.7 Å². The van der Waals surface area contributed by atoms with E-state index in [0.717, 1.165) is 32.4 Å². The summed E-state index contributed by atoms with van der Waals surface area (Å²) in [4.78, 5) is 12.0. The summed E-state index contributed by atoms with van der Waals surface area (Å²) in [6.07, 6.45) is 4.54. The molecule has 2 N–H and O–H groups in total. The van der Waals surface area contributed by atoms with Gasteiger partial charge in [0.1, 0.15) is 0 Å². The highest BCUT2D eigenvalue weighted by molar-refractivity contribution is 5.82. The summed E-state index contributed by atoms with van der Waals surface area (Å²) in [5.74, 6) is 0.193. The van der Waals surface area contributed by atoms with Crippen molar-refractivity contribution in [3.8, 4) is 0 Å². The van der Waals surface area contributed by atoms with Crippen molar-refractivity contribution in [3.63, 3.8) is 0 Å². The van der Waals surface area contributed by atoms with Gasteiger partial charge in [0.25, 0.3) is 0 Å². The van der Waals surface area contributed by atoms with E-state index in [4.69, 9.17) is 0 Å². The molecule has 0 radical (unpaired) electrons.